The standard InChI is InChI=1S/C22H23NO7/c1-2-27-17-6-4-16(5-7-17)18(24)8-10-22(26)28-13-21(25)23-12-15-3-9-19-20(11-15)30-14-29-19/h3-7,9,11H,2,8,10,12-14H2,1H3,(H,23,25). The number of carbonyl (C=O) groups excluding carboxylic acids is 3. The number of hydrogen-bond acceptors (Lipinski definition) is 7. The zero-order chi connectivity index (χ0) is 21.3. The molecule has 30 heavy (non-hydrogen) atoms. The van der Waals surface area contributed by atoms with Crippen molar-refractivity contribution in [3.05, 3.63) is 53.6 Å². The maximum Gasteiger partial charge on any atom is 0.306 e. The topological polar surface area (TPSA) is 100 Å². The summed E-state index contributed by atoms with van der Waals surface area (Å²) in [5.41, 5.74) is 1.33. The highest BCUT2D eigenvalue weighted by atomic mass is 16.7. The van der Waals surface area contributed by atoms with Crippen LogP contribution in [0.4, 0.5) is 0 Å². The van der Waals surface area contributed by atoms with Crippen LogP contribution in [-0.4, -0.2) is 37.7 Å². The number of amides is 1. The van der Waals surface area contributed by atoms with Gasteiger partial charge in [-0.2, -0.15) is 0 Å². The van der Waals surface area contributed by atoms with E-state index in [2.05, 4.69) is 5.32 Å². The van der Waals surface area contributed by atoms with Gasteiger partial charge in [0.05, 0.1) is 13.0 Å². The lowest BCUT2D eigenvalue weighted by atomic mass is 10.1. The highest BCUT2D eigenvalue weighted by Gasteiger charge is 2.14. The van der Waals surface area contributed by atoms with Gasteiger partial charge in [0, 0.05) is 18.5 Å². The van der Waals surface area contributed by atoms with E-state index in [1.54, 1.807) is 36.4 Å². The van der Waals surface area contributed by atoms with Gasteiger partial charge in [-0.15, -0.1) is 0 Å². The van der Waals surface area contributed by atoms with Gasteiger partial charge < -0.3 is 24.3 Å². The molecule has 0 aliphatic carbocycles. The number of benzene rings is 2. The number of hydrogen-bond donors (Lipinski definition) is 1. The summed E-state index contributed by atoms with van der Waals surface area (Å²) >= 11 is 0. The molecule has 0 saturated carbocycles. The molecule has 0 radical (unpaired) electrons. The molecule has 1 N–H and O–H groups in total. The van der Waals surface area contributed by atoms with Gasteiger partial charge >= 0.3 is 5.97 Å². The van der Waals surface area contributed by atoms with Crippen LogP contribution in [0.2, 0.25) is 0 Å². The summed E-state index contributed by atoms with van der Waals surface area (Å²) in [6.45, 7) is 2.47. The molecule has 0 spiro atoms. The van der Waals surface area contributed by atoms with Gasteiger partial charge in [0.15, 0.2) is 23.9 Å². The second kappa shape index (κ2) is 10.3. The van der Waals surface area contributed by atoms with E-state index in [1.165, 1.54) is 0 Å². The van der Waals surface area contributed by atoms with Crippen LogP contribution < -0.4 is 19.5 Å². The van der Waals surface area contributed by atoms with E-state index >= 15 is 0 Å². The Morgan fingerprint density at radius 2 is 1.77 bits per heavy atom. The van der Waals surface area contributed by atoms with Gasteiger partial charge in [0.2, 0.25) is 6.79 Å². The minimum Gasteiger partial charge on any atom is -0.494 e. The molecular formula is C22H23NO7. The molecule has 2 aromatic rings. The number of ether oxygens (including phenoxy) is 4. The lowest BCUT2D eigenvalue weighted by Gasteiger charge is -2.08. The van der Waals surface area contributed by atoms with Crippen LogP contribution in [0, 0.1) is 0 Å². The third-order valence-electron chi connectivity index (χ3n) is 4.33. The van der Waals surface area contributed by atoms with Crippen molar-refractivity contribution in [1.82, 2.24) is 5.32 Å². The summed E-state index contributed by atoms with van der Waals surface area (Å²) in [6.07, 6.45) is -0.0902. The van der Waals surface area contributed by atoms with Crippen LogP contribution in [0.5, 0.6) is 17.2 Å². The van der Waals surface area contributed by atoms with Crippen LogP contribution in [0.1, 0.15) is 35.7 Å². The first-order chi connectivity index (χ1) is 14.5. The van der Waals surface area contributed by atoms with Crippen LogP contribution >= 0.6 is 0 Å². The number of Topliss-reactive ketones (excluding diaryl/α,β-unsaturated/α-hetero) is 1. The Balaban J connectivity index is 1.34. The average Bonchev–Trinajstić information content (AvgIpc) is 3.23. The van der Waals surface area contributed by atoms with E-state index in [0.29, 0.717) is 29.4 Å². The predicted octanol–water partition coefficient (Wildman–Crippen LogP) is 2.64. The van der Waals surface area contributed by atoms with E-state index in [4.69, 9.17) is 18.9 Å². The van der Waals surface area contributed by atoms with Crippen molar-refractivity contribution in [2.45, 2.75) is 26.3 Å². The molecule has 1 amide bonds. The largest absolute Gasteiger partial charge is 0.494 e. The molecule has 8 nitrogen and oxygen atoms in total. The average molecular weight is 413 g/mol. The van der Waals surface area contributed by atoms with Crippen molar-refractivity contribution in [2.75, 3.05) is 20.0 Å². The molecule has 0 saturated heterocycles. The fourth-order valence-electron chi connectivity index (χ4n) is 2.78. The Bertz CT molecular complexity index is 908. The molecule has 1 aliphatic rings. The molecule has 0 atom stereocenters. The molecule has 2 aromatic carbocycles. The molecule has 0 fully saturated rings. The Hall–Kier alpha value is -3.55. The van der Waals surface area contributed by atoms with Crippen LogP contribution in [-0.2, 0) is 20.9 Å². The molecule has 3 rings (SSSR count). The molecule has 1 heterocycles. The van der Waals surface area contributed by atoms with Gasteiger partial charge in [0.25, 0.3) is 5.91 Å². The van der Waals surface area contributed by atoms with Gasteiger partial charge in [-0.05, 0) is 48.9 Å². The summed E-state index contributed by atoms with van der Waals surface area (Å²) in [5, 5.41) is 2.66. The molecule has 0 aromatic heterocycles. The second-order valence-electron chi connectivity index (χ2n) is 6.51. The van der Waals surface area contributed by atoms with Crippen molar-refractivity contribution in [3.8, 4) is 17.2 Å². The van der Waals surface area contributed by atoms with Crippen LogP contribution in [0.3, 0.4) is 0 Å². The van der Waals surface area contributed by atoms with E-state index in [1.807, 2.05) is 13.0 Å². The first-order valence-electron chi connectivity index (χ1n) is 9.62. The number of carbonyl (C=O) groups is 3. The summed E-state index contributed by atoms with van der Waals surface area (Å²) < 4.78 is 20.8. The first-order valence-corrected chi connectivity index (χ1v) is 9.62. The number of rotatable bonds is 10. The number of fused-ring (bicyclic) bond motifs is 1. The fourth-order valence-corrected chi connectivity index (χ4v) is 2.78. The fraction of sp³-hybridized carbons (Fsp3) is 0.318. The predicted molar refractivity (Wildman–Crippen MR) is 107 cm³/mol. The van der Waals surface area contributed by atoms with Gasteiger partial charge in [-0.3, -0.25) is 14.4 Å². The number of nitrogens with one attached hydrogen (secondary N) is 1. The molecule has 8 heteroatoms. The van der Waals surface area contributed by atoms with E-state index in [0.717, 1.165) is 5.56 Å². The van der Waals surface area contributed by atoms with Crippen molar-refractivity contribution >= 4 is 17.7 Å². The zero-order valence-corrected chi connectivity index (χ0v) is 16.6. The van der Waals surface area contributed by atoms with Crippen LogP contribution in [0.15, 0.2) is 42.5 Å². The minimum absolute atomic E-state index is 0.00559. The van der Waals surface area contributed by atoms with Crippen LogP contribution in [0.25, 0.3) is 0 Å². The summed E-state index contributed by atoms with van der Waals surface area (Å²) in [7, 11) is 0. The lowest BCUT2D eigenvalue weighted by molar-refractivity contribution is -0.148. The highest BCUT2D eigenvalue weighted by Crippen LogP contribution is 2.32. The zero-order valence-electron chi connectivity index (χ0n) is 16.6. The smallest absolute Gasteiger partial charge is 0.306 e. The van der Waals surface area contributed by atoms with Crippen molar-refractivity contribution in [2.24, 2.45) is 0 Å². The maximum absolute atomic E-state index is 12.1. The van der Waals surface area contributed by atoms with E-state index in [9.17, 15) is 14.4 Å². The van der Waals surface area contributed by atoms with Crippen molar-refractivity contribution < 1.29 is 33.3 Å². The van der Waals surface area contributed by atoms with Crippen molar-refractivity contribution in [3.63, 3.8) is 0 Å². The Morgan fingerprint density at radius 1 is 1.00 bits per heavy atom. The number of ketones is 1. The molecule has 1 aliphatic heterocycles. The minimum atomic E-state index is -0.604. The third kappa shape index (κ3) is 5.97. The maximum atomic E-state index is 12.1. The SMILES string of the molecule is CCOc1ccc(C(=O)CCC(=O)OCC(=O)NCc2ccc3c(c2)OCO3)cc1. The van der Waals surface area contributed by atoms with E-state index in [-0.39, 0.29) is 32.0 Å². The quantitative estimate of drug-likeness (QED) is 0.472. The second-order valence-corrected chi connectivity index (χ2v) is 6.51. The lowest BCUT2D eigenvalue weighted by Crippen LogP contribution is -2.28. The first kappa shape index (κ1) is 21.2. The Morgan fingerprint density at radius 3 is 2.53 bits per heavy atom. The summed E-state index contributed by atoms with van der Waals surface area (Å²) in [5.74, 6) is 0.762. The monoisotopic (exact) mass is 413 g/mol. The summed E-state index contributed by atoms with van der Waals surface area (Å²) in [6, 6.07) is 12.1. The molecule has 0 unspecified atom stereocenters. The van der Waals surface area contributed by atoms with Gasteiger partial charge in [-0.25, -0.2) is 0 Å². The normalized spacial score (nSPS) is 11.6. The van der Waals surface area contributed by atoms with Crippen molar-refractivity contribution in [1.29, 1.82) is 0 Å². The molecular weight excluding hydrogens is 390 g/mol. The van der Waals surface area contributed by atoms with Gasteiger partial charge in [-0.1, -0.05) is 6.07 Å². The van der Waals surface area contributed by atoms with Gasteiger partial charge in [0.1, 0.15) is 5.75 Å². The Kier molecular flexibility index (Phi) is 7.26. The molecule has 0 bridgehead atoms. The summed E-state index contributed by atoms with van der Waals surface area (Å²) in [4.78, 5) is 35.8. The Labute approximate surface area is 174 Å². The molecule has 158 valence electrons. The number of esters is 1. The highest BCUT2D eigenvalue weighted by molar-refractivity contribution is 5.97. The van der Waals surface area contributed by atoms with E-state index < -0.39 is 18.5 Å². The third-order valence-corrected chi connectivity index (χ3v) is 4.33.